The summed E-state index contributed by atoms with van der Waals surface area (Å²) in [6, 6.07) is 6.29. The number of rotatable bonds is 8. The van der Waals surface area contributed by atoms with E-state index in [4.69, 9.17) is 0 Å². The predicted molar refractivity (Wildman–Crippen MR) is 137 cm³/mol. The lowest BCUT2D eigenvalue weighted by Crippen LogP contribution is -2.39. The summed E-state index contributed by atoms with van der Waals surface area (Å²) in [6.07, 6.45) is 13.7. The lowest BCUT2D eigenvalue weighted by molar-refractivity contribution is 0.147. The van der Waals surface area contributed by atoms with Crippen LogP contribution in [0.2, 0.25) is 0 Å². The molecule has 0 bridgehead atoms. The van der Waals surface area contributed by atoms with Crippen LogP contribution in [0.3, 0.4) is 0 Å². The Hall–Kier alpha value is -2.87. The van der Waals surface area contributed by atoms with Crippen LogP contribution >= 0.6 is 0 Å². The van der Waals surface area contributed by atoms with Gasteiger partial charge in [0.15, 0.2) is 0 Å². The predicted octanol–water partition coefficient (Wildman–Crippen LogP) is 8.17. The Morgan fingerprint density at radius 3 is 2.44 bits per heavy atom. The highest BCUT2D eigenvalue weighted by atomic mass is 19.1. The second kappa shape index (κ2) is 9.73. The molecule has 1 aromatic carbocycles. The van der Waals surface area contributed by atoms with Gasteiger partial charge in [-0.25, -0.2) is 4.39 Å². The molecular weight excluding hydrogens is 393 g/mol. The minimum Gasteiger partial charge on any atom is -0.337 e. The van der Waals surface area contributed by atoms with Gasteiger partial charge >= 0.3 is 0 Å². The Balaban J connectivity index is 2.17. The fourth-order valence-electron chi connectivity index (χ4n) is 5.12. The van der Waals surface area contributed by atoms with Crippen LogP contribution in [0.15, 0.2) is 96.8 Å². The van der Waals surface area contributed by atoms with Crippen LogP contribution in [0.25, 0.3) is 5.70 Å². The molecule has 0 saturated heterocycles. The van der Waals surface area contributed by atoms with Crippen molar-refractivity contribution in [2.45, 2.75) is 52.6 Å². The molecule has 2 atom stereocenters. The van der Waals surface area contributed by atoms with E-state index < -0.39 is 5.67 Å². The molecule has 0 fully saturated rings. The van der Waals surface area contributed by atoms with E-state index in [0.717, 1.165) is 40.1 Å². The monoisotopic (exact) mass is 429 g/mol. The Labute approximate surface area is 193 Å². The number of alkyl halides is 1. The number of nitrogens with zero attached hydrogens (tertiary/aromatic N) is 1. The second-order valence-corrected chi connectivity index (χ2v) is 8.73. The minimum absolute atomic E-state index is 0.218. The van der Waals surface area contributed by atoms with Gasteiger partial charge in [0.05, 0.1) is 0 Å². The molecule has 1 aliphatic heterocycles. The van der Waals surface area contributed by atoms with E-state index in [-0.39, 0.29) is 5.92 Å². The Morgan fingerprint density at radius 2 is 1.88 bits per heavy atom. The van der Waals surface area contributed by atoms with E-state index in [1.54, 1.807) is 6.08 Å². The highest BCUT2D eigenvalue weighted by Gasteiger charge is 2.41. The van der Waals surface area contributed by atoms with Crippen molar-refractivity contribution in [2.75, 3.05) is 6.54 Å². The summed E-state index contributed by atoms with van der Waals surface area (Å²) >= 11 is 0. The summed E-state index contributed by atoms with van der Waals surface area (Å²) in [7, 11) is 0. The van der Waals surface area contributed by atoms with E-state index in [0.29, 0.717) is 19.4 Å². The zero-order valence-electron chi connectivity index (χ0n) is 20.0. The van der Waals surface area contributed by atoms with Gasteiger partial charge in [0.25, 0.3) is 0 Å². The number of hydrogen-bond acceptors (Lipinski definition) is 1. The molecule has 1 heterocycles. The van der Waals surface area contributed by atoms with E-state index in [2.05, 4.69) is 68.8 Å². The van der Waals surface area contributed by atoms with Gasteiger partial charge in [-0.2, -0.15) is 0 Å². The number of allylic oxidation sites excluding steroid dienone is 8. The van der Waals surface area contributed by atoms with E-state index in [1.807, 2.05) is 32.1 Å². The van der Waals surface area contributed by atoms with E-state index in [9.17, 15) is 0 Å². The molecule has 2 heteroatoms. The standard InChI is InChI=1S/C30H36FN/c1-8-12-19-30(31,11-4)27-18-14-17-25-24(9-2)28(10-3)32(20-26(25)27)23(7)29-21(5)15-13-16-22(29)6/h9-10,12-17,19,27H,2-3,7-8,11,18,20H2,1,4-6H3. The molecule has 0 aromatic heterocycles. The van der Waals surface area contributed by atoms with Crippen molar-refractivity contribution >= 4 is 5.70 Å². The average molecular weight is 430 g/mol. The summed E-state index contributed by atoms with van der Waals surface area (Å²) in [6.45, 7) is 21.5. The van der Waals surface area contributed by atoms with Gasteiger partial charge in [0.1, 0.15) is 5.67 Å². The van der Waals surface area contributed by atoms with Crippen LogP contribution in [0.1, 0.15) is 49.8 Å². The van der Waals surface area contributed by atoms with E-state index in [1.165, 1.54) is 11.1 Å². The first-order valence-electron chi connectivity index (χ1n) is 11.6. The van der Waals surface area contributed by atoms with Crippen LogP contribution in [-0.4, -0.2) is 17.1 Å². The molecule has 2 aliphatic rings. The molecule has 0 radical (unpaired) electrons. The highest BCUT2D eigenvalue weighted by Crippen LogP contribution is 2.46. The fourth-order valence-corrected chi connectivity index (χ4v) is 5.12. The van der Waals surface area contributed by atoms with Crippen molar-refractivity contribution in [1.29, 1.82) is 0 Å². The summed E-state index contributed by atoms with van der Waals surface area (Å²) < 4.78 is 16.3. The zero-order chi connectivity index (χ0) is 23.5. The summed E-state index contributed by atoms with van der Waals surface area (Å²) in [5.74, 6) is -0.218. The minimum atomic E-state index is -1.38. The van der Waals surface area contributed by atoms with Crippen molar-refractivity contribution < 1.29 is 4.39 Å². The third kappa shape index (κ3) is 4.11. The third-order valence-corrected chi connectivity index (χ3v) is 6.85. The van der Waals surface area contributed by atoms with Gasteiger partial charge in [0.2, 0.25) is 0 Å². The molecule has 0 spiro atoms. The zero-order valence-corrected chi connectivity index (χ0v) is 20.0. The molecule has 1 nitrogen and oxygen atoms in total. The smallest absolute Gasteiger partial charge is 0.135 e. The van der Waals surface area contributed by atoms with E-state index >= 15 is 4.39 Å². The largest absolute Gasteiger partial charge is 0.337 e. The van der Waals surface area contributed by atoms with Crippen LogP contribution in [0.4, 0.5) is 4.39 Å². The van der Waals surface area contributed by atoms with Crippen LogP contribution in [0, 0.1) is 19.8 Å². The molecule has 0 amide bonds. The first kappa shape index (κ1) is 23.8. The molecular formula is C30H36FN. The Bertz CT molecular complexity index is 1030. The number of halogens is 1. The normalized spacial score (nSPS) is 20.4. The van der Waals surface area contributed by atoms with Gasteiger partial charge in [-0.3, -0.25) is 0 Å². The molecule has 3 rings (SSSR count). The van der Waals surface area contributed by atoms with Crippen LogP contribution < -0.4 is 0 Å². The maximum absolute atomic E-state index is 16.3. The second-order valence-electron chi connectivity index (χ2n) is 8.73. The van der Waals surface area contributed by atoms with Crippen LogP contribution in [0.5, 0.6) is 0 Å². The maximum Gasteiger partial charge on any atom is 0.135 e. The summed E-state index contributed by atoms with van der Waals surface area (Å²) in [5, 5.41) is 0. The SMILES string of the molecule is C=CC1=C(C=C)N(C(=C)c2c(C)cccc2C)CC2=C1C=CCC2C(F)(C=CCC)CC. The lowest BCUT2D eigenvalue weighted by Gasteiger charge is -2.42. The first-order valence-corrected chi connectivity index (χ1v) is 11.6. The quantitative estimate of drug-likeness (QED) is 0.377. The Kier molecular flexibility index (Phi) is 7.23. The van der Waals surface area contributed by atoms with Gasteiger partial charge in [-0.05, 0) is 61.5 Å². The number of hydrogen-bond donors (Lipinski definition) is 0. The van der Waals surface area contributed by atoms with Crippen molar-refractivity contribution in [1.82, 2.24) is 4.90 Å². The molecule has 168 valence electrons. The molecule has 0 saturated carbocycles. The first-order chi connectivity index (χ1) is 15.3. The molecule has 1 aromatic rings. The lowest BCUT2D eigenvalue weighted by atomic mass is 9.72. The summed E-state index contributed by atoms with van der Waals surface area (Å²) in [4.78, 5) is 2.20. The molecule has 2 unspecified atom stereocenters. The van der Waals surface area contributed by atoms with Gasteiger partial charge in [-0.1, -0.05) is 82.2 Å². The van der Waals surface area contributed by atoms with Crippen molar-refractivity contribution in [3.8, 4) is 0 Å². The van der Waals surface area contributed by atoms with Crippen molar-refractivity contribution in [3.05, 3.63) is 113 Å². The van der Waals surface area contributed by atoms with Gasteiger partial charge in [0, 0.05) is 35.0 Å². The number of aryl methyl sites for hydroxylation is 2. The molecule has 1 aliphatic carbocycles. The fraction of sp³-hybridized carbons (Fsp3) is 0.333. The number of benzene rings is 1. The third-order valence-electron chi connectivity index (χ3n) is 6.85. The van der Waals surface area contributed by atoms with Crippen LogP contribution in [-0.2, 0) is 0 Å². The topological polar surface area (TPSA) is 3.24 Å². The average Bonchev–Trinajstić information content (AvgIpc) is 2.80. The summed E-state index contributed by atoms with van der Waals surface area (Å²) in [5.41, 5.74) is 7.19. The highest BCUT2D eigenvalue weighted by molar-refractivity contribution is 5.72. The van der Waals surface area contributed by atoms with Gasteiger partial charge in [-0.15, -0.1) is 0 Å². The van der Waals surface area contributed by atoms with Gasteiger partial charge < -0.3 is 4.90 Å². The molecule has 32 heavy (non-hydrogen) atoms. The molecule has 0 N–H and O–H groups in total. The van der Waals surface area contributed by atoms with Crippen molar-refractivity contribution in [3.63, 3.8) is 0 Å². The Morgan fingerprint density at radius 1 is 1.19 bits per heavy atom. The maximum atomic E-state index is 16.3. The van der Waals surface area contributed by atoms with Crippen molar-refractivity contribution in [2.24, 2.45) is 5.92 Å².